The van der Waals surface area contributed by atoms with Gasteiger partial charge >= 0.3 is 0 Å². The van der Waals surface area contributed by atoms with E-state index in [0.29, 0.717) is 23.9 Å². The van der Waals surface area contributed by atoms with Gasteiger partial charge in [-0.05, 0) is 87.3 Å². The van der Waals surface area contributed by atoms with Crippen LogP contribution in [0.25, 0.3) is 21.7 Å². The maximum absolute atomic E-state index is 10.1. The van der Waals surface area contributed by atoms with Gasteiger partial charge in [-0.1, -0.05) is 36.4 Å². The number of anilines is 2. The molecule has 0 aliphatic carbocycles. The predicted octanol–water partition coefficient (Wildman–Crippen LogP) is 8.45. The molecule has 2 aromatic heterocycles. The molecule has 5 aromatic rings. The Morgan fingerprint density at radius 2 is 1.72 bits per heavy atom. The molecule has 3 heterocycles. The molecule has 8 heteroatoms. The zero-order valence-corrected chi connectivity index (χ0v) is 24.9. The Morgan fingerprint density at radius 3 is 2.56 bits per heavy atom. The van der Waals surface area contributed by atoms with Gasteiger partial charge in [0.15, 0.2) is 0 Å². The largest absolute Gasteiger partial charge is 0.493 e. The SMILES string of the molecule is Cc1sc(-c2ccnc(Nc3cccc(OCCCN4CCCC4)c3)n2)c(-c2cccc(Oc3ccccc3)c2)c1C#N. The minimum Gasteiger partial charge on any atom is -0.493 e. The van der Waals surface area contributed by atoms with E-state index in [1.807, 2.05) is 91.9 Å². The molecule has 43 heavy (non-hydrogen) atoms. The number of nitrogens with one attached hydrogen (secondary N) is 1. The highest BCUT2D eigenvalue weighted by molar-refractivity contribution is 7.16. The number of rotatable bonds is 11. The summed E-state index contributed by atoms with van der Waals surface area (Å²) in [5.41, 5.74) is 3.97. The summed E-state index contributed by atoms with van der Waals surface area (Å²) in [6, 6.07) is 29.7. The summed E-state index contributed by atoms with van der Waals surface area (Å²) in [6.07, 6.45) is 5.36. The molecule has 1 aliphatic heterocycles. The number of nitriles is 1. The molecule has 1 N–H and O–H groups in total. The highest BCUT2D eigenvalue weighted by Crippen LogP contribution is 2.43. The molecule has 0 bridgehead atoms. The van der Waals surface area contributed by atoms with Gasteiger partial charge in [0, 0.05) is 34.9 Å². The van der Waals surface area contributed by atoms with Crippen LogP contribution >= 0.6 is 11.3 Å². The van der Waals surface area contributed by atoms with Gasteiger partial charge in [-0.3, -0.25) is 0 Å². The summed E-state index contributed by atoms with van der Waals surface area (Å²) in [5, 5.41) is 13.4. The normalized spacial score (nSPS) is 13.0. The summed E-state index contributed by atoms with van der Waals surface area (Å²) in [6.45, 7) is 6.15. The smallest absolute Gasteiger partial charge is 0.227 e. The van der Waals surface area contributed by atoms with Crippen molar-refractivity contribution >= 4 is 23.0 Å². The van der Waals surface area contributed by atoms with Crippen molar-refractivity contribution in [2.75, 3.05) is 31.6 Å². The molecule has 1 aliphatic rings. The Kier molecular flexibility index (Phi) is 8.93. The third-order valence-electron chi connectivity index (χ3n) is 7.36. The van der Waals surface area contributed by atoms with Gasteiger partial charge in [-0.15, -0.1) is 11.3 Å². The highest BCUT2D eigenvalue weighted by Gasteiger charge is 2.21. The number of likely N-dealkylation sites (tertiary alicyclic amines) is 1. The third kappa shape index (κ3) is 7.03. The number of nitrogens with zero attached hydrogens (tertiary/aromatic N) is 4. The molecule has 216 valence electrons. The number of aryl methyl sites for hydroxylation is 1. The van der Waals surface area contributed by atoms with Gasteiger partial charge in [-0.25, -0.2) is 9.97 Å². The van der Waals surface area contributed by atoms with Gasteiger partial charge in [0.2, 0.25) is 5.95 Å². The van der Waals surface area contributed by atoms with E-state index < -0.39 is 0 Å². The second kappa shape index (κ2) is 13.5. The van der Waals surface area contributed by atoms with Crippen molar-refractivity contribution in [2.45, 2.75) is 26.2 Å². The predicted molar refractivity (Wildman–Crippen MR) is 172 cm³/mol. The van der Waals surface area contributed by atoms with E-state index in [0.717, 1.165) is 56.7 Å². The van der Waals surface area contributed by atoms with Gasteiger partial charge in [-0.2, -0.15) is 5.26 Å². The topological polar surface area (TPSA) is 83.3 Å². The van der Waals surface area contributed by atoms with Crippen LogP contribution in [0.2, 0.25) is 0 Å². The van der Waals surface area contributed by atoms with E-state index in [-0.39, 0.29) is 0 Å². The molecule has 0 atom stereocenters. The molecular formula is C35H33N5O2S. The lowest BCUT2D eigenvalue weighted by Gasteiger charge is -2.14. The molecule has 0 amide bonds. The first-order chi connectivity index (χ1) is 21.2. The molecule has 0 unspecified atom stereocenters. The monoisotopic (exact) mass is 587 g/mol. The van der Waals surface area contributed by atoms with Crippen LogP contribution in [0.3, 0.4) is 0 Å². The average Bonchev–Trinajstić information content (AvgIpc) is 3.68. The van der Waals surface area contributed by atoms with Crippen LogP contribution in [-0.4, -0.2) is 41.1 Å². The summed E-state index contributed by atoms with van der Waals surface area (Å²) in [4.78, 5) is 13.7. The van der Waals surface area contributed by atoms with Crippen molar-refractivity contribution < 1.29 is 9.47 Å². The van der Waals surface area contributed by atoms with Crippen LogP contribution in [0.5, 0.6) is 17.2 Å². The van der Waals surface area contributed by atoms with E-state index in [1.54, 1.807) is 17.5 Å². The molecule has 1 saturated heterocycles. The van der Waals surface area contributed by atoms with Crippen molar-refractivity contribution in [3.63, 3.8) is 0 Å². The minimum atomic E-state index is 0.473. The van der Waals surface area contributed by atoms with Crippen molar-refractivity contribution in [1.29, 1.82) is 5.26 Å². The van der Waals surface area contributed by atoms with Crippen LogP contribution < -0.4 is 14.8 Å². The fourth-order valence-electron chi connectivity index (χ4n) is 5.30. The second-order valence-corrected chi connectivity index (χ2v) is 11.7. The zero-order chi connectivity index (χ0) is 29.4. The molecule has 3 aromatic carbocycles. The van der Waals surface area contributed by atoms with E-state index in [2.05, 4.69) is 21.3 Å². The maximum atomic E-state index is 10.1. The first kappa shape index (κ1) is 28.4. The third-order valence-corrected chi connectivity index (χ3v) is 8.49. The molecule has 0 radical (unpaired) electrons. The second-order valence-electron chi connectivity index (χ2n) is 10.5. The summed E-state index contributed by atoms with van der Waals surface area (Å²) in [7, 11) is 0. The molecular weight excluding hydrogens is 554 g/mol. The molecule has 0 saturated carbocycles. The lowest BCUT2D eigenvalue weighted by Crippen LogP contribution is -2.21. The van der Waals surface area contributed by atoms with Crippen LogP contribution in [0.1, 0.15) is 29.7 Å². The van der Waals surface area contributed by atoms with E-state index in [4.69, 9.17) is 14.5 Å². The van der Waals surface area contributed by atoms with Gasteiger partial charge in [0.05, 0.1) is 22.7 Å². The van der Waals surface area contributed by atoms with Crippen LogP contribution in [0, 0.1) is 18.3 Å². The quantitative estimate of drug-likeness (QED) is 0.155. The Bertz CT molecular complexity index is 1720. The molecule has 0 spiro atoms. The number of hydrogen-bond acceptors (Lipinski definition) is 8. The number of hydrogen-bond donors (Lipinski definition) is 1. The number of thiophene rings is 1. The Balaban J connectivity index is 1.21. The van der Waals surface area contributed by atoms with Gasteiger partial charge < -0.3 is 19.7 Å². The van der Waals surface area contributed by atoms with Crippen LogP contribution in [0.15, 0.2) is 91.1 Å². The fourth-order valence-corrected chi connectivity index (χ4v) is 6.39. The first-order valence-electron chi connectivity index (χ1n) is 14.6. The van der Waals surface area contributed by atoms with Crippen LogP contribution in [0.4, 0.5) is 11.6 Å². The summed E-state index contributed by atoms with van der Waals surface area (Å²) >= 11 is 1.56. The molecule has 7 nitrogen and oxygen atoms in total. The highest BCUT2D eigenvalue weighted by atomic mass is 32.1. The Morgan fingerprint density at radius 1 is 0.930 bits per heavy atom. The number of ether oxygens (including phenoxy) is 2. The maximum Gasteiger partial charge on any atom is 0.227 e. The van der Waals surface area contributed by atoms with Crippen LogP contribution in [-0.2, 0) is 0 Å². The molecule has 6 rings (SSSR count). The van der Waals surface area contributed by atoms with Gasteiger partial charge in [0.1, 0.15) is 23.3 Å². The average molecular weight is 588 g/mol. The van der Waals surface area contributed by atoms with E-state index in [9.17, 15) is 5.26 Å². The summed E-state index contributed by atoms with van der Waals surface area (Å²) in [5.74, 6) is 2.74. The number of benzene rings is 3. The minimum absolute atomic E-state index is 0.473. The standard InChI is InChI=1S/C35H33N5O2S/c1-25-31(24-36)33(26-10-7-15-30(22-26)42-28-12-3-2-4-13-28)34(43-25)32-16-17-37-35(39-32)38-27-11-8-14-29(23-27)41-21-9-20-40-18-5-6-19-40/h2-4,7-8,10-17,22-23H,5-6,9,18-21H2,1H3,(H,37,38,39). The Hall–Kier alpha value is -4.71. The summed E-state index contributed by atoms with van der Waals surface area (Å²) < 4.78 is 12.1. The number of aromatic nitrogens is 2. The van der Waals surface area contributed by atoms with Crippen molar-refractivity contribution in [1.82, 2.24) is 14.9 Å². The Labute approximate surface area is 256 Å². The zero-order valence-electron chi connectivity index (χ0n) is 24.1. The lowest BCUT2D eigenvalue weighted by atomic mass is 9.99. The van der Waals surface area contributed by atoms with E-state index >= 15 is 0 Å². The lowest BCUT2D eigenvalue weighted by molar-refractivity contribution is 0.263. The van der Waals surface area contributed by atoms with Crippen molar-refractivity contribution in [3.8, 4) is 45.0 Å². The van der Waals surface area contributed by atoms with E-state index in [1.165, 1.54) is 25.9 Å². The van der Waals surface area contributed by atoms with Gasteiger partial charge in [0.25, 0.3) is 0 Å². The first-order valence-corrected chi connectivity index (χ1v) is 15.4. The fraction of sp³-hybridized carbons (Fsp3) is 0.229. The molecule has 1 fully saturated rings. The van der Waals surface area contributed by atoms with Crippen molar-refractivity contribution in [2.24, 2.45) is 0 Å². The number of para-hydroxylation sites is 1. The van der Waals surface area contributed by atoms with Crippen molar-refractivity contribution in [3.05, 3.63) is 102 Å².